The van der Waals surface area contributed by atoms with Gasteiger partial charge in [-0.15, -0.1) is 11.3 Å². The molecule has 3 heterocycles. The number of likely N-dealkylation sites (tertiary alicyclic amines) is 1. The molecule has 8 heteroatoms. The molecular weight excluding hydrogens is 465 g/mol. The monoisotopic (exact) mass is 495 g/mol. The second kappa shape index (κ2) is 10.5. The molecule has 6 nitrogen and oxygen atoms in total. The molecule has 2 atom stereocenters. The van der Waals surface area contributed by atoms with Crippen molar-refractivity contribution in [1.29, 1.82) is 0 Å². The summed E-state index contributed by atoms with van der Waals surface area (Å²) in [6.45, 7) is 4.96. The van der Waals surface area contributed by atoms with E-state index in [0.29, 0.717) is 18.3 Å². The number of nitrogens with zero attached hydrogens (tertiary/aromatic N) is 2. The number of piperidine rings is 1. The van der Waals surface area contributed by atoms with Crippen LogP contribution in [-0.4, -0.2) is 53.7 Å². The Morgan fingerprint density at radius 2 is 2.03 bits per heavy atom. The molecule has 0 bridgehead atoms. The van der Waals surface area contributed by atoms with Crippen molar-refractivity contribution in [2.45, 2.75) is 44.5 Å². The van der Waals surface area contributed by atoms with Crippen molar-refractivity contribution in [3.05, 3.63) is 70.9 Å². The molecule has 1 spiro atoms. The zero-order valence-electron chi connectivity index (χ0n) is 19.8. The van der Waals surface area contributed by atoms with Gasteiger partial charge in [0.05, 0.1) is 30.6 Å². The molecule has 2 fully saturated rings. The van der Waals surface area contributed by atoms with E-state index in [9.17, 15) is 9.18 Å². The second-order valence-corrected chi connectivity index (χ2v) is 10.5. The van der Waals surface area contributed by atoms with Crippen molar-refractivity contribution >= 4 is 22.4 Å². The van der Waals surface area contributed by atoms with Gasteiger partial charge in [0, 0.05) is 30.1 Å². The molecule has 1 N–H and O–H groups in total. The van der Waals surface area contributed by atoms with E-state index >= 15 is 0 Å². The van der Waals surface area contributed by atoms with E-state index in [2.05, 4.69) is 27.3 Å². The van der Waals surface area contributed by atoms with Crippen LogP contribution >= 0.6 is 11.3 Å². The summed E-state index contributed by atoms with van der Waals surface area (Å²) in [6.07, 6.45) is 2.81. The molecule has 2 aliphatic rings. The lowest BCUT2D eigenvalue weighted by Crippen LogP contribution is -2.57. The number of aryl methyl sites for hydroxylation is 1. The minimum absolute atomic E-state index is 0.0843. The van der Waals surface area contributed by atoms with Gasteiger partial charge >= 0.3 is 0 Å². The zero-order chi connectivity index (χ0) is 24.3. The van der Waals surface area contributed by atoms with Crippen LogP contribution in [0.25, 0.3) is 11.3 Å². The number of hydrogen-bond acceptors (Lipinski definition) is 6. The first-order valence-corrected chi connectivity index (χ1v) is 12.9. The second-order valence-electron chi connectivity index (χ2n) is 9.27. The highest BCUT2D eigenvalue weighted by Gasteiger charge is 2.47. The molecule has 35 heavy (non-hydrogen) atoms. The quantitative estimate of drug-likeness (QED) is 0.498. The normalized spacial score (nSPS) is 22.5. The molecule has 5 rings (SSSR count). The van der Waals surface area contributed by atoms with E-state index in [1.807, 2.05) is 25.1 Å². The number of thiazole rings is 1. The van der Waals surface area contributed by atoms with E-state index in [4.69, 9.17) is 9.47 Å². The SMILES string of the molecule is Cc1sc(NC(=O)CN2CC[C@]3(CCCO3)[C@H](OCc3ccccc3)C2)nc1-c1ccc(F)cc1. The molecule has 3 aromatic rings. The van der Waals surface area contributed by atoms with Crippen LogP contribution in [0.5, 0.6) is 0 Å². The van der Waals surface area contributed by atoms with E-state index in [1.165, 1.54) is 23.5 Å². The minimum atomic E-state index is -0.285. The lowest BCUT2D eigenvalue weighted by atomic mass is 9.85. The summed E-state index contributed by atoms with van der Waals surface area (Å²) in [5.74, 6) is -0.387. The summed E-state index contributed by atoms with van der Waals surface area (Å²) in [6, 6.07) is 16.4. The molecule has 1 aromatic heterocycles. The third-order valence-electron chi connectivity index (χ3n) is 6.82. The van der Waals surface area contributed by atoms with Crippen molar-refractivity contribution in [1.82, 2.24) is 9.88 Å². The number of carbonyl (C=O) groups is 1. The Labute approximate surface area is 209 Å². The van der Waals surface area contributed by atoms with Crippen LogP contribution in [0.1, 0.15) is 29.7 Å². The van der Waals surface area contributed by atoms with Gasteiger partial charge in [-0.3, -0.25) is 9.69 Å². The standard InChI is InChI=1S/C27H30FN3O3S/c1-19-25(21-8-10-22(28)11-9-21)30-26(35-19)29-24(32)17-31-14-13-27(12-5-15-34-27)23(16-31)33-18-20-6-3-2-4-7-20/h2-4,6-11,23H,5,12-18H2,1H3,(H,29,30,32)/t23-,27-/m1/s1. The Balaban J connectivity index is 1.21. The largest absolute Gasteiger partial charge is 0.372 e. The van der Waals surface area contributed by atoms with Gasteiger partial charge in [-0.1, -0.05) is 30.3 Å². The summed E-state index contributed by atoms with van der Waals surface area (Å²) in [5.41, 5.74) is 2.47. The summed E-state index contributed by atoms with van der Waals surface area (Å²) in [4.78, 5) is 20.6. The average Bonchev–Trinajstić information content (AvgIpc) is 3.47. The fraction of sp³-hybridized carbons (Fsp3) is 0.407. The maximum Gasteiger partial charge on any atom is 0.240 e. The van der Waals surface area contributed by atoms with Gasteiger partial charge in [0.15, 0.2) is 5.13 Å². The number of ether oxygens (including phenoxy) is 2. The molecule has 0 radical (unpaired) electrons. The molecule has 0 unspecified atom stereocenters. The van der Waals surface area contributed by atoms with Crippen LogP contribution in [0.2, 0.25) is 0 Å². The highest BCUT2D eigenvalue weighted by molar-refractivity contribution is 7.16. The van der Waals surface area contributed by atoms with Crippen molar-refractivity contribution in [3.63, 3.8) is 0 Å². The Hall–Kier alpha value is -2.65. The molecule has 184 valence electrons. The number of aromatic nitrogens is 1. The molecule has 2 aliphatic heterocycles. The fourth-order valence-corrected chi connectivity index (χ4v) is 5.83. The number of halogens is 1. The van der Waals surface area contributed by atoms with Crippen LogP contribution in [0.3, 0.4) is 0 Å². The van der Waals surface area contributed by atoms with Crippen molar-refractivity contribution in [3.8, 4) is 11.3 Å². The first-order valence-electron chi connectivity index (χ1n) is 12.1. The van der Waals surface area contributed by atoms with Crippen molar-refractivity contribution < 1.29 is 18.7 Å². The lowest BCUT2D eigenvalue weighted by molar-refractivity contribution is -0.159. The Bertz CT molecular complexity index is 1150. The van der Waals surface area contributed by atoms with E-state index in [1.54, 1.807) is 12.1 Å². The van der Waals surface area contributed by atoms with Gasteiger partial charge in [0.25, 0.3) is 0 Å². The topological polar surface area (TPSA) is 63.7 Å². The van der Waals surface area contributed by atoms with E-state index in [0.717, 1.165) is 54.1 Å². The van der Waals surface area contributed by atoms with Gasteiger partial charge in [-0.2, -0.15) is 0 Å². The van der Waals surface area contributed by atoms with E-state index in [-0.39, 0.29) is 30.0 Å². The summed E-state index contributed by atoms with van der Waals surface area (Å²) in [7, 11) is 0. The van der Waals surface area contributed by atoms with Crippen molar-refractivity contribution in [2.24, 2.45) is 0 Å². The van der Waals surface area contributed by atoms with Crippen LogP contribution < -0.4 is 5.32 Å². The Morgan fingerprint density at radius 1 is 1.23 bits per heavy atom. The highest BCUT2D eigenvalue weighted by atomic mass is 32.1. The zero-order valence-corrected chi connectivity index (χ0v) is 20.7. The van der Waals surface area contributed by atoms with Gasteiger partial charge in [-0.25, -0.2) is 9.37 Å². The smallest absolute Gasteiger partial charge is 0.240 e. The summed E-state index contributed by atoms with van der Waals surface area (Å²) in [5, 5.41) is 3.50. The maximum absolute atomic E-state index is 13.3. The minimum Gasteiger partial charge on any atom is -0.372 e. The molecular formula is C27H30FN3O3S. The summed E-state index contributed by atoms with van der Waals surface area (Å²) >= 11 is 1.43. The number of benzene rings is 2. The molecule has 2 saturated heterocycles. The summed E-state index contributed by atoms with van der Waals surface area (Å²) < 4.78 is 25.9. The first-order chi connectivity index (χ1) is 17.0. The van der Waals surface area contributed by atoms with E-state index < -0.39 is 0 Å². The number of carbonyl (C=O) groups excluding carboxylic acids is 1. The number of hydrogen-bond donors (Lipinski definition) is 1. The van der Waals surface area contributed by atoms with Gasteiger partial charge in [0.2, 0.25) is 5.91 Å². The molecule has 0 aliphatic carbocycles. The number of anilines is 1. The number of nitrogens with one attached hydrogen (secondary N) is 1. The number of amides is 1. The highest BCUT2D eigenvalue weighted by Crippen LogP contribution is 2.38. The van der Waals surface area contributed by atoms with Gasteiger partial charge in [-0.05, 0) is 56.0 Å². The predicted octanol–water partition coefficient (Wildman–Crippen LogP) is 5.04. The molecule has 0 saturated carbocycles. The third-order valence-corrected chi connectivity index (χ3v) is 7.70. The van der Waals surface area contributed by atoms with Crippen LogP contribution in [0.15, 0.2) is 54.6 Å². The average molecular weight is 496 g/mol. The lowest BCUT2D eigenvalue weighted by Gasteiger charge is -2.44. The van der Waals surface area contributed by atoms with Gasteiger partial charge in [0.1, 0.15) is 5.82 Å². The first kappa shape index (κ1) is 24.1. The predicted molar refractivity (Wildman–Crippen MR) is 135 cm³/mol. The van der Waals surface area contributed by atoms with Crippen molar-refractivity contribution in [2.75, 3.05) is 31.6 Å². The third kappa shape index (κ3) is 5.62. The van der Waals surface area contributed by atoms with Gasteiger partial charge < -0.3 is 14.8 Å². The maximum atomic E-state index is 13.3. The number of rotatable bonds is 7. The van der Waals surface area contributed by atoms with Crippen LogP contribution in [-0.2, 0) is 20.9 Å². The fourth-order valence-electron chi connectivity index (χ4n) is 4.98. The molecule has 1 amide bonds. The van der Waals surface area contributed by atoms with Crippen LogP contribution in [0, 0.1) is 12.7 Å². The Morgan fingerprint density at radius 3 is 2.77 bits per heavy atom. The van der Waals surface area contributed by atoms with Crippen LogP contribution in [0.4, 0.5) is 9.52 Å². The Kier molecular flexibility index (Phi) is 7.24. The molecule has 2 aromatic carbocycles.